The number of rotatable bonds is 7. The summed E-state index contributed by atoms with van der Waals surface area (Å²) in [5.41, 5.74) is 0. The fourth-order valence-corrected chi connectivity index (χ4v) is 3.19. The SMILES string of the molecule is CC1CCC(C(C)C)C(OC(=O)C(C)CCCC(=O)O)C1. The van der Waals surface area contributed by atoms with E-state index in [4.69, 9.17) is 9.84 Å². The normalized spacial score (nSPS) is 27.4. The van der Waals surface area contributed by atoms with Gasteiger partial charge in [-0.2, -0.15) is 0 Å². The molecule has 0 amide bonds. The van der Waals surface area contributed by atoms with Crippen molar-refractivity contribution < 1.29 is 19.4 Å². The average Bonchev–Trinajstić information content (AvgIpc) is 2.37. The number of esters is 1. The van der Waals surface area contributed by atoms with Crippen molar-refractivity contribution >= 4 is 11.9 Å². The predicted octanol–water partition coefficient (Wildman–Crippen LogP) is 3.88. The highest BCUT2D eigenvalue weighted by atomic mass is 16.5. The van der Waals surface area contributed by atoms with Gasteiger partial charge in [-0.05, 0) is 43.4 Å². The second-order valence-corrected chi connectivity index (χ2v) is 6.99. The second kappa shape index (κ2) is 8.40. The third-order valence-electron chi connectivity index (χ3n) is 4.66. The number of carbonyl (C=O) groups is 2. The Hall–Kier alpha value is -1.06. The lowest BCUT2D eigenvalue weighted by atomic mass is 9.75. The molecule has 0 radical (unpaired) electrons. The fourth-order valence-electron chi connectivity index (χ4n) is 3.19. The van der Waals surface area contributed by atoms with Gasteiger partial charge in [0.2, 0.25) is 0 Å². The molecule has 1 N–H and O–H groups in total. The van der Waals surface area contributed by atoms with Crippen LogP contribution in [0.25, 0.3) is 0 Å². The minimum atomic E-state index is -0.809. The predicted molar refractivity (Wildman–Crippen MR) is 81.9 cm³/mol. The average molecular weight is 298 g/mol. The Morgan fingerprint density at radius 2 is 1.90 bits per heavy atom. The van der Waals surface area contributed by atoms with Crippen LogP contribution in [0.5, 0.6) is 0 Å². The fraction of sp³-hybridized carbons (Fsp3) is 0.882. The topological polar surface area (TPSA) is 63.6 Å². The summed E-state index contributed by atoms with van der Waals surface area (Å²) in [5.74, 6) is 0.408. The van der Waals surface area contributed by atoms with Gasteiger partial charge in [-0.25, -0.2) is 0 Å². The number of carbonyl (C=O) groups excluding carboxylic acids is 1. The van der Waals surface area contributed by atoms with Crippen molar-refractivity contribution in [2.45, 2.75) is 72.3 Å². The highest BCUT2D eigenvalue weighted by Crippen LogP contribution is 2.35. The van der Waals surface area contributed by atoms with E-state index in [0.29, 0.717) is 30.6 Å². The highest BCUT2D eigenvalue weighted by molar-refractivity contribution is 5.72. The molecule has 4 nitrogen and oxygen atoms in total. The van der Waals surface area contributed by atoms with Crippen LogP contribution in [0.2, 0.25) is 0 Å². The second-order valence-electron chi connectivity index (χ2n) is 6.99. The molecule has 0 aliphatic heterocycles. The largest absolute Gasteiger partial charge is 0.481 e. The van der Waals surface area contributed by atoms with Crippen LogP contribution >= 0.6 is 0 Å². The van der Waals surface area contributed by atoms with Crippen molar-refractivity contribution in [3.63, 3.8) is 0 Å². The van der Waals surface area contributed by atoms with Crippen LogP contribution in [0.1, 0.15) is 66.2 Å². The van der Waals surface area contributed by atoms with Crippen LogP contribution in [-0.4, -0.2) is 23.1 Å². The summed E-state index contributed by atoms with van der Waals surface area (Å²) >= 11 is 0. The zero-order valence-electron chi connectivity index (χ0n) is 13.8. The Morgan fingerprint density at radius 1 is 1.24 bits per heavy atom. The van der Waals surface area contributed by atoms with Crippen molar-refractivity contribution in [2.75, 3.05) is 0 Å². The standard InChI is InChI=1S/C17H30O4/c1-11(2)14-9-8-12(3)10-15(14)21-17(20)13(4)6-5-7-16(18)19/h11-15H,5-10H2,1-4H3,(H,18,19). The molecule has 1 aliphatic carbocycles. The molecule has 0 bridgehead atoms. The zero-order chi connectivity index (χ0) is 16.0. The van der Waals surface area contributed by atoms with Crippen molar-refractivity contribution in [2.24, 2.45) is 23.7 Å². The lowest BCUT2D eigenvalue weighted by Crippen LogP contribution is -2.37. The summed E-state index contributed by atoms with van der Waals surface area (Å²) in [6.45, 7) is 8.43. The lowest BCUT2D eigenvalue weighted by molar-refractivity contribution is -0.160. The first kappa shape index (κ1) is 18.0. The number of carboxylic acids is 1. The van der Waals surface area contributed by atoms with E-state index in [1.54, 1.807) is 0 Å². The molecule has 0 aromatic heterocycles. The number of hydrogen-bond acceptors (Lipinski definition) is 3. The van der Waals surface area contributed by atoms with Crippen LogP contribution in [0.4, 0.5) is 0 Å². The van der Waals surface area contributed by atoms with E-state index in [9.17, 15) is 9.59 Å². The van der Waals surface area contributed by atoms with E-state index in [0.717, 1.165) is 12.8 Å². The van der Waals surface area contributed by atoms with Gasteiger partial charge >= 0.3 is 11.9 Å². The van der Waals surface area contributed by atoms with Crippen LogP contribution in [0.15, 0.2) is 0 Å². The van der Waals surface area contributed by atoms with Crippen LogP contribution in [-0.2, 0) is 14.3 Å². The first-order valence-electron chi connectivity index (χ1n) is 8.23. The maximum absolute atomic E-state index is 12.2. The van der Waals surface area contributed by atoms with Gasteiger partial charge < -0.3 is 9.84 Å². The summed E-state index contributed by atoms with van der Waals surface area (Å²) in [6, 6.07) is 0. The van der Waals surface area contributed by atoms with Gasteiger partial charge in [0.05, 0.1) is 5.92 Å². The first-order chi connectivity index (χ1) is 9.81. The first-order valence-corrected chi connectivity index (χ1v) is 8.23. The number of ether oxygens (including phenoxy) is 1. The van der Waals surface area contributed by atoms with Gasteiger partial charge in [0.25, 0.3) is 0 Å². The van der Waals surface area contributed by atoms with Gasteiger partial charge in [-0.3, -0.25) is 9.59 Å². The summed E-state index contributed by atoms with van der Waals surface area (Å²) in [5, 5.41) is 8.63. The van der Waals surface area contributed by atoms with E-state index in [1.165, 1.54) is 6.42 Å². The van der Waals surface area contributed by atoms with Crippen molar-refractivity contribution in [3.05, 3.63) is 0 Å². The number of aliphatic carboxylic acids is 1. The van der Waals surface area contributed by atoms with E-state index in [-0.39, 0.29) is 24.4 Å². The van der Waals surface area contributed by atoms with Crippen LogP contribution in [0, 0.1) is 23.7 Å². The van der Waals surface area contributed by atoms with Gasteiger partial charge in [-0.1, -0.05) is 34.1 Å². The Labute approximate surface area is 128 Å². The Bertz CT molecular complexity index is 351. The van der Waals surface area contributed by atoms with E-state index in [1.807, 2.05) is 6.92 Å². The molecule has 4 unspecified atom stereocenters. The smallest absolute Gasteiger partial charge is 0.308 e. The molecular formula is C17H30O4. The van der Waals surface area contributed by atoms with Gasteiger partial charge in [0.15, 0.2) is 0 Å². The van der Waals surface area contributed by atoms with E-state index < -0.39 is 5.97 Å². The highest BCUT2D eigenvalue weighted by Gasteiger charge is 2.34. The van der Waals surface area contributed by atoms with Gasteiger partial charge in [0.1, 0.15) is 6.10 Å². The minimum absolute atomic E-state index is 0.0307. The van der Waals surface area contributed by atoms with E-state index >= 15 is 0 Å². The quantitative estimate of drug-likeness (QED) is 0.724. The molecule has 0 aromatic rings. The van der Waals surface area contributed by atoms with E-state index in [2.05, 4.69) is 20.8 Å². The minimum Gasteiger partial charge on any atom is -0.481 e. The Morgan fingerprint density at radius 3 is 2.48 bits per heavy atom. The van der Waals surface area contributed by atoms with Crippen LogP contribution in [0.3, 0.4) is 0 Å². The van der Waals surface area contributed by atoms with Crippen molar-refractivity contribution in [1.29, 1.82) is 0 Å². The van der Waals surface area contributed by atoms with Crippen molar-refractivity contribution in [1.82, 2.24) is 0 Å². The van der Waals surface area contributed by atoms with Crippen molar-refractivity contribution in [3.8, 4) is 0 Å². The molecule has 4 heteroatoms. The Balaban J connectivity index is 2.48. The molecule has 0 saturated heterocycles. The molecule has 122 valence electrons. The third kappa shape index (κ3) is 6.06. The van der Waals surface area contributed by atoms with Gasteiger partial charge in [-0.15, -0.1) is 0 Å². The molecule has 1 aliphatic rings. The lowest BCUT2D eigenvalue weighted by Gasteiger charge is -2.37. The third-order valence-corrected chi connectivity index (χ3v) is 4.66. The maximum Gasteiger partial charge on any atom is 0.308 e. The molecule has 4 atom stereocenters. The zero-order valence-corrected chi connectivity index (χ0v) is 13.8. The Kier molecular flexibility index (Phi) is 7.20. The molecule has 1 rings (SSSR count). The molecular weight excluding hydrogens is 268 g/mol. The molecule has 1 fully saturated rings. The molecule has 1 saturated carbocycles. The molecule has 0 heterocycles. The van der Waals surface area contributed by atoms with Crippen LogP contribution < -0.4 is 0 Å². The monoisotopic (exact) mass is 298 g/mol. The molecule has 0 spiro atoms. The summed E-state index contributed by atoms with van der Waals surface area (Å²) in [4.78, 5) is 22.7. The summed E-state index contributed by atoms with van der Waals surface area (Å²) in [7, 11) is 0. The molecule has 21 heavy (non-hydrogen) atoms. The maximum atomic E-state index is 12.2. The number of hydrogen-bond donors (Lipinski definition) is 1. The summed E-state index contributed by atoms with van der Waals surface area (Å²) < 4.78 is 5.77. The molecule has 0 aromatic carbocycles. The number of carboxylic acid groups (broad SMARTS) is 1. The van der Waals surface area contributed by atoms with Gasteiger partial charge in [0, 0.05) is 6.42 Å². The summed E-state index contributed by atoms with van der Waals surface area (Å²) in [6.07, 6.45) is 4.56.